The molecule has 1 heterocycles. The molecule has 0 amide bonds. The Morgan fingerprint density at radius 1 is 1.83 bits per heavy atom. The van der Waals surface area contributed by atoms with Crippen molar-refractivity contribution in [2.75, 3.05) is 6.61 Å². The van der Waals surface area contributed by atoms with E-state index in [0.29, 0.717) is 6.61 Å². The van der Waals surface area contributed by atoms with Gasteiger partial charge in [-0.15, -0.1) is 0 Å². The maximum absolute atomic E-state index is 10.4. The van der Waals surface area contributed by atoms with Gasteiger partial charge in [0.2, 0.25) is 6.33 Å². The summed E-state index contributed by atoms with van der Waals surface area (Å²) in [6.45, 7) is 2.15. The van der Waals surface area contributed by atoms with Crippen molar-refractivity contribution in [2.24, 2.45) is 7.05 Å². The fourth-order valence-corrected chi connectivity index (χ4v) is 0.835. The molecule has 0 fully saturated rings. The number of hydrogen-bond acceptors (Lipinski definition) is 4. The Labute approximate surface area is 68.9 Å². The Morgan fingerprint density at radius 2 is 2.50 bits per heavy atom. The summed E-state index contributed by atoms with van der Waals surface area (Å²) in [5.74, 6) is -0.0400. The first-order valence-corrected chi connectivity index (χ1v) is 3.45. The topological polar surface area (TPSA) is 70.2 Å². The average molecular weight is 171 g/mol. The highest BCUT2D eigenvalue weighted by atomic mass is 16.6. The molecular formula is C6H9N3O3. The second-order valence-electron chi connectivity index (χ2n) is 2.17. The van der Waals surface area contributed by atoms with Crippen molar-refractivity contribution in [2.45, 2.75) is 6.92 Å². The highest BCUT2D eigenvalue weighted by Gasteiger charge is 2.20. The van der Waals surface area contributed by atoms with Crippen LogP contribution in [0.25, 0.3) is 0 Å². The SMILES string of the molecule is CCOc1c([N+](=O)[O-])ncn1C. The molecule has 1 aromatic rings. The molecular weight excluding hydrogens is 162 g/mol. The van der Waals surface area contributed by atoms with E-state index in [2.05, 4.69) is 4.98 Å². The van der Waals surface area contributed by atoms with E-state index in [9.17, 15) is 10.1 Å². The maximum Gasteiger partial charge on any atom is 0.426 e. The number of aromatic nitrogens is 2. The van der Waals surface area contributed by atoms with E-state index in [1.807, 2.05) is 0 Å². The molecule has 0 saturated carbocycles. The van der Waals surface area contributed by atoms with E-state index in [1.165, 1.54) is 10.9 Å². The van der Waals surface area contributed by atoms with Gasteiger partial charge in [0.05, 0.1) is 6.61 Å². The van der Waals surface area contributed by atoms with E-state index in [4.69, 9.17) is 4.74 Å². The number of hydrogen-bond donors (Lipinski definition) is 0. The van der Waals surface area contributed by atoms with Gasteiger partial charge in [-0.05, 0) is 16.8 Å². The van der Waals surface area contributed by atoms with Crippen LogP contribution in [0.15, 0.2) is 6.33 Å². The van der Waals surface area contributed by atoms with E-state index >= 15 is 0 Å². The predicted octanol–water partition coefficient (Wildman–Crippen LogP) is 0.727. The number of nitrogens with zero attached hydrogens (tertiary/aromatic N) is 3. The third-order valence-electron chi connectivity index (χ3n) is 1.32. The molecule has 0 bridgehead atoms. The monoisotopic (exact) mass is 171 g/mol. The number of rotatable bonds is 3. The molecule has 6 nitrogen and oxygen atoms in total. The minimum Gasteiger partial charge on any atom is -0.473 e. The number of nitro groups is 1. The van der Waals surface area contributed by atoms with Crippen LogP contribution in [-0.4, -0.2) is 21.1 Å². The van der Waals surface area contributed by atoms with Crippen molar-refractivity contribution in [3.05, 3.63) is 16.4 Å². The normalized spacial score (nSPS) is 9.83. The quantitative estimate of drug-likeness (QED) is 0.496. The van der Waals surface area contributed by atoms with Crippen molar-refractivity contribution >= 4 is 5.82 Å². The summed E-state index contributed by atoms with van der Waals surface area (Å²) in [4.78, 5) is 13.4. The van der Waals surface area contributed by atoms with Crippen LogP contribution in [0, 0.1) is 10.1 Å². The van der Waals surface area contributed by atoms with Gasteiger partial charge in [-0.1, -0.05) is 0 Å². The van der Waals surface area contributed by atoms with E-state index in [-0.39, 0.29) is 11.7 Å². The Hall–Kier alpha value is -1.59. The van der Waals surface area contributed by atoms with E-state index in [0.717, 1.165) is 0 Å². The fourth-order valence-electron chi connectivity index (χ4n) is 0.835. The lowest BCUT2D eigenvalue weighted by Crippen LogP contribution is -2.00. The summed E-state index contributed by atoms with van der Waals surface area (Å²) >= 11 is 0. The standard InChI is InChI=1S/C6H9N3O3/c1-3-12-6-5(9(10)11)7-4-8(6)2/h4H,3H2,1-2H3. The smallest absolute Gasteiger partial charge is 0.426 e. The van der Waals surface area contributed by atoms with Gasteiger partial charge in [0, 0.05) is 7.05 Å². The van der Waals surface area contributed by atoms with E-state index < -0.39 is 4.92 Å². The Balaban J connectivity index is 3.03. The molecule has 12 heavy (non-hydrogen) atoms. The number of imidazole rings is 1. The van der Waals surface area contributed by atoms with E-state index in [1.54, 1.807) is 14.0 Å². The van der Waals surface area contributed by atoms with Crippen LogP contribution in [0.5, 0.6) is 5.88 Å². The van der Waals surface area contributed by atoms with Gasteiger partial charge in [0.15, 0.2) is 0 Å². The second kappa shape index (κ2) is 3.21. The van der Waals surface area contributed by atoms with Crippen LogP contribution in [0.3, 0.4) is 0 Å². The summed E-state index contributed by atoms with van der Waals surface area (Å²) in [7, 11) is 1.64. The summed E-state index contributed by atoms with van der Waals surface area (Å²) in [5.41, 5.74) is 0. The molecule has 0 radical (unpaired) electrons. The van der Waals surface area contributed by atoms with Crippen LogP contribution >= 0.6 is 0 Å². The Morgan fingerprint density at radius 3 is 3.00 bits per heavy atom. The minimum atomic E-state index is -0.564. The van der Waals surface area contributed by atoms with Gasteiger partial charge < -0.3 is 14.9 Å². The molecule has 6 heteroatoms. The largest absolute Gasteiger partial charge is 0.473 e. The summed E-state index contributed by atoms with van der Waals surface area (Å²) in [5, 5.41) is 10.4. The van der Waals surface area contributed by atoms with Gasteiger partial charge in [-0.2, -0.15) is 0 Å². The molecule has 0 aromatic carbocycles. The molecule has 0 saturated heterocycles. The lowest BCUT2D eigenvalue weighted by molar-refractivity contribution is -0.390. The first-order valence-electron chi connectivity index (χ1n) is 3.45. The zero-order valence-corrected chi connectivity index (χ0v) is 6.85. The number of aryl methyl sites for hydroxylation is 1. The number of ether oxygens (including phenoxy) is 1. The molecule has 0 aliphatic carbocycles. The van der Waals surface area contributed by atoms with Crippen LogP contribution in [0.2, 0.25) is 0 Å². The third-order valence-corrected chi connectivity index (χ3v) is 1.32. The highest BCUT2D eigenvalue weighted by Crippen LogP contribution is 2.23. The molecule has 1 rings (SSSR count). The van der Waals surface area contributed by atoms with Gasteiger partial charge in [-0.3, -0.25) is 4.57 Å². The van der Waals surface area contributed by atoms with Gasteiger partial charge in [0.1, 0.15) is 0 Å². The molecule has 0 atom stereocenters. The minimum absolute atomic E-state index is 0.197. The van der Waals surface area contributed by atoms with Crippen molar-refractivity contribution < 1.29 is 9.66 Å². The van der Waals surface area contributed by atoms with Crippen LogP contribution in [-0.2, 0) is 7.05 Å². The van der Waals surface area contributed by atoms with Crippen LogP contribution in [0.1, 0.15) is 6.92 Å². The predicted molar refractivity (Wildman–Crippen MR) is 41.0 cm³/mol. The first-order chi connectivity index (χ1) is 5.66. The van der Waals surface area contributed by atoms with Crippen molar-refractivity contribution in [1.29, 1.82) is 0 Å². The first kappa shape index (κ1) is 8.51. The van der Waals surface area contributed by atoms with Crippen LogP contribution in [0.4, 0.5) is 5.82 Å². The molecule has 0 aliphatic rings. The summed E-state index contributed by atoms with van der Waals surface area (Å²) < 4.78 is 6.50. The summed E-state index contributed by atoms with van der Waals surface area (Å²) in [6, 6.07) is 0. The Bertz CT molecular complexity index is 294. The summed E-state index contributed by atoms with van der Waals surface area (Å²) in [6.07, 6.45) is 1.35. The Kier molecular flexibility index (Phi) is 2.27. The van der Waals surface area contributed by atoms with Crippen molar-refractivity contribution in [3.8, 4) is 5.88 Å². The zero-order valence-electron chi connectivity index (χ0n) is 6.85. The van der Waals surface area contributed by atoms with Gasteiger partial charge in [0.25, 0.3) is 5.88 Å². The average Bonchev–Trinajstić information content (AvgIpc) is 2.34. The molecule has 0 spiro atoms. The van der Waals surface area contributed by atoms with Gasteiger partial charge in [-0.25, -0.2) is 0 Å². The zero-order chi connectivity index (χ0) is 9.14. The van der Waals surface area contributed by atoms with Crippen molar-refractivity contribution in [1.82, 2.24) is 9.55 Å². The third kappa shape index (κ3) is 1.36. The second-order valence-corrected chi connectivity index (χ2v) is 2.17. The maximum atomic E-state index is 10.4. The fraction of sp³-hybridized carbons (Fsp3) is 0.500. The lowest BCUT2D eigenvalue weighted by atomic mass is 10.7. The van der Waals surface area contributed by atoms with Crippen LogP contribution < -0.4 is 4.74 Å². The highest BCUT2D eigenvalue weighted by molar-refractivity contribution is 5.33. The molecule has 1 aromatic heterocycles. The molecule has 66 valence electrons. The van der Waals surface area contributed by atoms with Gasteiger partial charge >= 0.3 is 5.82 Å². The molecule has 0 unspecified atom stereocenters. The lowest BCUT2D eigenvalue weighted by Gasteiger charge is -2.00. The molecule has 0 aliphatic heterocycles. The molecule has 0 N–H and O–H groups in total. The van der Waals surface area contributed by atoms with Crippen molar-refractivity contribution in [3.63, 3.8) is 0 Å².